The average Bonchev–Trinajstić information content (AvgIpc) is 2.53. The lowest BCUT2D eigenvalue weighted by Gasteiger charge is -2.29. The molecule has 0 amide bonds. The number of rotatable bonds is 1. The van der Waals surface area contributed by atoms with Gasteiger partial charge in [0.05, 0.1) is 0 Å². The highest BCUT2D eigenvalue weighted by Crippen LogP contribution is 2.33. The second-order valence-electron chi connectivity index (χ2n) is 5.62. The molecule has 0 saturated carbocycles. The minimum Gasteiger partial charge on any atom is -0.367 e. The summed E-state index contributed by atoms with van der Waals surface area (Å²) in [4.78, 5) is 5.27. The summed E-state index contributed by atoms with van der Waals surface area (Å²) in [6, 6.07) is 10.3. The lowest BCUT2D eigenvalue weighted by molar-refractivity contribution is 0.222. The molecule has 17 heavy (non-hydrogen) atoms. The van der Waals surface area contributed by atoms with Crippen LogP contribution in [0.2, 0.25) is 0 Å². The van der Waals surface area contributed by atoms with Gasteiger partial charge in [0, 0.05) is 37.4 Å². The van der Waals surface area contributed by atoms with Gasteiger partial charge >= 0.3 is 0 Å². The van der Waals surface area contributed by atoms with Gasteiger partial charge in [0.1, 0.15) is 0 Å². The van der Waals surface area contributed by atoms with Crippen LogP contribution in [-0.2, 0) is 6.42 Å². The quantitative estimate of drug-likeness (QED) is 0.731. The van der Waals surface area contributed by atoms with Crippen molar-refractivity contribution < 1.29 is 0 Å². The van der Waals surface area contributed by atoms with Crippen molar-refractivity contribution in [2.24, 2.45) is 0 Å². The van der Waals surface area contributed by atoms with Crippen LogP contribution in [0.1, 0.15) is 25.8 Å². The minimum atomic E-state index is 0.679. The van der Waals surface area contributed by atoms with Crippen molar-refractivity contribution in [2.75, 3.05) is 24.5 Å². The summed E-state index contributed by atoms with van der Waals surface area (Å²) < 4.78 is 0. The average molecular weight is 230 g/mol. The molecular formula is C15H22N2. The predicted octanol–water partition coefficient (Wildman–Crippen LogP) is 2.53. The number of benzene rings is 1. The van der Waals surface area contributed by atoms with Crippen molar-refractivity contribution in [3.05, 3.63) is 29.8 Å². The van der Waals surface area contributed by atoms with E-state index in [-0.39, 0.29) is 0 Å². The molecule has 2 aliphatic heterocycles. The second-order valence-corrected chi connectivity index (χ2v) is 5.62. The fourth-order valence-corrected chi connectivity index (χ4v) is 3.27. The first kappa shape index (κ1) is 11.1. The van der Waals surface area contributed by atoms with E-state index in [1.54, 1.807) is 5.56 Å². The first-order chi connectivity index (χ1) is 8.25. The number of hydrogen-bond donors (Lipinski definition) is 0. The SMILES string of the molecule is CC(C)N1CCCN2c3ccccc3CC2C1. The van der Waals surface area contributed by atoms with Crippen molar-refractivity contribution in [1.29, 1.82) is 0 Å². The highest BCUT2D eigenvalue weighted by Gasteiger charge is 2.32. The van der Waals surface area contributed by atoms with Gasteiger partial charge in [0.15, 0.2) is 0 Å². The Labute approximate surface area is 104 Å². The number of para-hydroxylation sites is 1. The van der Waals surface area contributed by atoms with E-state index in [1.165, 1.54) is 38.2 Å². The highest BCUT2D eigenvalue weighted by atomic mass is 15.3. The van der Waals surface area contributed by atoms with Crippen molar-refractivity contribution in [3.63, 3.8) is 0 Å². The lowest BCUT2D eigenvalue weighted by atomic mass is 10.1. The topological polar surface area (TPSA) is 6.48 Å². The highest BCUT2D eigenvalue weighted by molar-refractivity contribution is 5.59. The van der Waals surface area contributed by atoms with E-state index in [1.807, 2.05) is 0 Å². The van der Waals surface area contributed by atoms with Crippen LogP contribution in [0.3, 0.4) is 0 Å². The zero-order valence-electron chi connectivity index (χ0n) is 10.9. The first-order valence-corrected chi connectivity index (χ1v) is 6.84. The molecule has 2 heterocycles. The van der Waals surface area contributed by atoms with Crippen LogP contribution in [0, 0.1) is 0 Å². The molecule has 0 aliphatic carbocycles. The summed E-state index contributed by atoms with van der Waals surface area (Å²) in [5.41, 5.74) is 3.03. The summed E-state index contributed by atoms with van der Waals surface area (Å²) in [6.45, 7) is 8.35. The molecule has 2 nitrogen and oxygen atoms in total. The first-order valence-electron chi connectivity index (χ1n) is 6.84. The molecule has 1 atom stereocenters. The number of hydrogen-bond acceptors (Lipinski definition) is 2. The maximum absolute atomic E-state index is 2.64. The van der Waals surface area contributed by atoms with E-state index in [0.29, 0.717) is 12.1 Å². The van der Waals surface area contributed by atoms with E-state index in [2.05, 4.69) is 47.9 Å². The third kappa shape index (κ3) is 1.95. The van der Waals surface area contributed by atoms with Crippen molar-refractivity contribution in [2.45, 2.75) is 38.8 Å². The fourth-order valence-electron chi connectivity index (χ4n) is 3.27. The molecule has 2 heteroatoms. The summed E-state index contributed by atoms with van der Waals surface area (Å²) in [7, 11) is 0. The van der Waals surface area contributed by atoms with Crippen LogP contribution in [0.25, 0.3) is 0 Å². The maximum Gasteiger partial charge on any atom is 0.0458 e. The zero-order chi connectivity index (χ0) is 11.8. The van der Waals surface area contributed by atoms with Crippen LogP contribution in [-0.4, -0.2) is 36.6 Å². The monoisotopic (exact) mass is 230 g/mol. The van der Waals surface area contributed by atoms with Gasteiger partial charge in [-0.25, -0.2) is 0 Å². The van der Waals surface area contributed by atoms with Gasteiger partial charge in [0.25, 0.3) is 0 Å². The van der Waals surface area contributed by atoms with Crippen molar-refractivity contribution >= 4 is 5.69 Å². The molecular weight excluding hydrogens is 208 g/mol. The van der Waals surface area contributed by atoms with Crippen LogP contribution in [0.4, 0.5) is 5.69 Å². The third-order valence-corrected chi connectivity index (χ3v) is 4.22. The summed E-state index contributed by atoms with van der Waals surface area (Å²) >= 11 is 0. The van der Waals surface area contributed by atoms with Gasteiger partial charge in [-0.05, 0) is 38.3 Å². The number of fused-ring (bicyclic) bond motifs is 3. The van der Waals surface area contributed by atoms with Crippen LogP contribution >= 0.6 is 0 Å². The van der Waals surface area contributed by atoms with Gasteiger partial charge < -0.3 is 4.90 Å². The molecule has 0 radical (unpaired) electrons. The predicted molar refractivity (Wildman–Crippen MR) is 72.6 cm³/mol. The van der Waals surface area contributed by atoms with E-state index >= 15 is 0 Å². The third-order valence-electron chi connectivity index (χ3n) is 4.22. The Bertz CT molecular complexity index is 400. The van der Waals surface area contributed by atoms with E-state index < -0.39 is 0 Å². The van der Waals surface area contributed by atoms with Crippen molar-refractivity contribution in [3.8, 4) is 0 Å². The molecule has 1 unspecified atom stereocenters. The van der Waals surface area contributed by atoms with Crippen LogP contribution in [0.5, 0.6) is 0 Å². The molecule has 0 bridgehead atoms. The van der Waals surface area contributed by atoms with Crippen molar-refractivity contribution in [1.82, 2.24) is 4.90 Å². The smallest absolute Gasteiger partial charge is 0.0458 e. The van der Waals surface area contributed by atoms with Crippen LogP contribution in [0.15, 0.2) is 24.3 Å². The second kappa shape index (κ2) is 4.34. The van der Waals surface area contributed by atoms with Gasteiger partial charge in [-0.3, -0.25) is 4.90 Å². The normalized spacial score (nSPS) is 24.6. The molecule has 2 aliphatic rings. The molecule has 92 valence electrons. The Morgan fingerprint density at radius 1 is 1.18 bits per heavy atom. The molecule has 1 saturated heterocycles. The molecule has 0 N–H and O–H groups in total. The van der Waals surface area contributed by atoms with E-state index in [9.17, 15) is 0 Å². The van der Waals surface area contributed by atoms with Gasteiger partial charge in [-0.2, -0.15) is 0 Å². The summed E-state index contributed by atoms with van der Waals surface area (Å²) in [5, 5.41) is 0. The molecule has 1 aromatic rings. The van der Waals surface area contributed by atoms with E-state index in [0.717, 1.165) is 0 Å². The van der Waals surface area contributed by atoms with E-state index in [4.69, 9.17) is 0 Å². The van der Waals surface area contributed by atoms with Gasteiger partial charge in [-0.1, -0.05) is 18.2 Å². The number of nitrogens with zero attached hydrogens (tertiary/aromatic N) is 2. The largest absolute Gasteiger partial charge is 0.367 e. The molecule has 0 aromatic heterocycles. The standard InChI is InChI=1S/C15H22N2/c1-12(2)16-8-5-9-17-14(11-16)10-13-6-3-4-7-15(13)17/h3-4,6-7,12,14H,5,8-11H2,1-2H3. The Hall–Kier alpha value is -1.02. The Morgan fingerprint density at radius 2 is 2.00 bits per heavy atom. The van der Waals surface area contributed by atoms with Crippen LogP contribution < -0.4 is 4.90 Å². The zero-order valence-corrected chi connectivity index (χ0v) is 10.9. The lowest BCUT2D eigenvalue weighted by Crippen LogP contribution is -2.41. The molecule has 1 aromatic carbocycles. The fraction of sp³-hybridized carbons (Fsp3) is 0.600. The van der Waals surface area contributed by atoms with Gasteiger partial charge in [0.2, 0.25) is 0 Å². The maximum atomic E-state index is 2.64. The molecule has 3 rings (SSSR count). The molecule has 0 spiro atoms. The summed E-state index contributed by atoms with van der Waals surface area (Å²) in [5.74, 6) is 0. The Kier molecular flexibility index (Phi) is 2.83. The minimum absolute atomic E-state index is 0.679. The summed E-state index contributed by atoms with van der Waals surface area (Å²) in [6.07, 6.45) is 2.53. The van der Waals surface area contributed by atoms with Gasteiger partial charge in [-0.15, -0.1) is 0 Å². The Morgan fingerprint density at radius 3 is 2.82 bits per heavy atom. The number of anilines is 1. The molecule has 1 fully saturated rings. The Balaban J connectivity index is 1.84.